The first kappa shape index (κ1) is 24.0. The van der Waals surface area contributed by atoms with Crippen LogP contribution < -0.4 is 9.47 Å². The highest BCUT2D eigenvalue weighted by molar-refractivity contribution is 5.76. The molecular weight excluding hydrogens is 506 g/mol. The molecule has 7 rings (SSSR count). The van der Waals surface area contributed by atoms with Gasteiger partial charge in [0.15, 0.2) is 17.4 Å². The van der Waals surface area contributed by atoms with Crippen LogP contribution in [0.1, 0.15) is 56.3 Å². The molecule has 2 atom stereocenters. The molecule has 5 fully saturated rings. The lowest BCUT2D eigenvalue weighted by molar-refractivity contribution is -0.275. The molecule has 1 spiro atoms. The third-order valence-corrected chi connectivity index (χ3v) is 8.91. The van der Waals surface area contributed by atoms with E-state index in [4.69, 9.17) is 4.74 Å². The van der Waals surface area contributed by atoms with Crippen LogP contribution in [-0.4, -0.2) is 69.2 Å². The average molecular weight is 536 g/mol. The molecule has 8 nitrogen and oxygen atoms in total. The van der Waals surface area contributed by atoms with Gasteiger partial charge in [0.25, 0.3) is 0 Å². The van der Waals surface area contributed by atoms with Gasteiger partial charge in [-0.3, -0.25) is 0 Å². The smallest absolute Gasteiger partial charge is 0.490 e. The number of amides is 2. The number of hydrogen-bond donors (Lipinski definition) is 0. The zero-order valence-corrected chi connectivity index (χ0v) is 20.7. The van der Waals surface area contributed by atoms with E-state index in [2.05, 4.69) is 14.8 Å². The van der Waals surface area contributed by atoms with Crippen LogP contribution in [0.2, 0.25) is 0 Å². The van der Waals surface area contributed by atoms with E-state index in [1.165, 1.54) is 18.9 Å². The van der Waals surface area contributed by atoms with Gasteiger partial charge in [-0.05, 0) is 62.5 Å². The Morgan fingerprint density at radius 3 is 2.39 bits per heavy atom. The Morgan fingerprint density at radius 2 is 1.76 bits per heavy atom. The summed E-state index contributed by atoms with van der Waals surface area (Å²) in [6.45, 7) is 2.93. The number of benzene rings is 1. The van der Waals surface area contributed by atoms with E-state index in [-0.39, 0.29) is 23.3 Å². The predicted octanol–water partition coefficient (Wildman–Crippen LogP) is 4.74. The van der Waals surface area contributed by atoms with Crippen LogP contribution >= 0.6 is 0 Å². The summed E-state index contributed by atoms with van der Waals surface area (Å²) in [6, 6.07) is 3.62. The predicted molar refractivity (Wildman–Crippen MR) is 125 cm³/mol. The number of rotatable bonds is 5. The van der Waals surface area contributed by atoms with Gasteiger partial charge >= 0.3 is 12.4 Å². The highest BCUT2D eigenvalue weighted by Crippen LogP contribution is 2.54. The Bertz CT molecular complexity index is 1220. The number of likely N-dealkylation sites (tertiary alicyclic amines) is 2. The number of hydrogen-bond acceptors (Lipinski definition) is 5. The zero-order valence-electron chi connectivity index (χ0n) is 20.7. The van der Waals surface area contributed by atoms with Crippen LogP contribution in [0.25, 0.3) is 0 Å². The van der Waals surface area contributed by atoms with Crippen molar-refractivity contribution in [2.24, 2.45) is 17.3 Å². The van der Waals surface area contributed by atoms with E-state index in [9.17, 15) is 22.4 Å². The molecule has 0 N–H and O–H groups in total. The number of carbonyl (C=O) groups is 1. The van der Waals surface area contributed by atoms with Gasteiger partial charge in [-0.15, -0.1) is 13.2 Å². The maximum absolute atomic E-state index is 14.0. The van der Waals surface area contributed by atoms with Crippen LogP contribution in [0.15, 0.2) is 24.5 Å². The Hall–Kier alpha value is -3.05. The summed E-state index contributed by atoms with van der Waals surface area (Å²) in [5.41, 5.74) is 0.219. The fourth-order valence-electron chi connectivity index (χ4n) is 6.93. The number of aromatic nitrogens is 3. The second-order valence-corrected chi connectivity index (χ2v) is 11.8. The molecule has 0 bridgehead atoms. The van der Waals surface area contributed by atoms with E-state index in [0.29, 0.717) is 36.9 Å². The molecule has 3 heterocycles. The minimum atomic E-state index is -4.95. The van der Waals surface area contributed by atoms with Crippen molar-refractivity contribution in [3.8, 4) is 11.5 Å². The second kappa shape index (κ2) is 8.47. The van der Waals surface area contributed by atoms with Crippen LogP contribution in [0.3, 0.4) is 0 Å². The van der Waals surface area contributed by atoms with Crippen molar-refractivity contribution >= 4 is 6.03 Å². The van der Waals surface area contributed by atoms with Crippen molar-refractivity contribution in [3.63, 3.8) is 0 Å². The summed E-state index contributed by atoms with van der Waals surface area (Å²) in [5.74, 6) is 0.312. The number of alkyl halides is 3. The minimum Gasteiger partial charge on any atom is -0.490 e. The van der Waals surface area contributed by atoms with E-state index in [0.717, 1.165) is 56.7 Å². The maximum atomic E-state index is 14.0. The van der Waals surface area contributed by atoms with Crippen LogP contribution in [-0.2, 0) is 0 Å². The first-order valence-corrected chi connectivity index (χ1v) is 13.3. The number of fused-ring (bicyclic) bond motifs is 1. The highest BCUT2D eigenvalue weighted by Gasteiger charge is 2.56. The van der Waals surface area contributed by atoms with Crippen molar-refractivity contribution in [1.29, 1.82) is 0 Å². The fraction of sp³-hybridized carbons (Fsp3) is 0.654. The Labute approximate surface area is 216 Å². The zero-order chi connectivity index (χ0) is 26.2. The van der Waals surface area contributed by atoms with Gasteiger partial charge in [-0.25, -0.2) is 18.9 Å². The summed E-state index contributed by atoms with van der Waals surface area (Å²) < 4.78 is 62.6. The Balaban J connectivity index is 0.866. The second-order valence-electron chi connectivity index (χ2n) is 11.8. The summed E-state index contributed by atoms with van der Waals surface area (Å²) in [7, 11) is 0. The van der Waals surface area contributed by atoms with Crippen LogP contribution in [0.5, 0.6) is 11.5 Å². The summed E-state index contributed by atoms with van der Waals surface area (Å²) in [5, 5.41) is 4.66. The number of halogens is 4. The molecule has 1 aromatic heterocycles. The molecule has 5 aliphatic rings. The van der Waals surface area contributed by atoms with Crippen LogP contribution in [0, 0.1) is 23.1 Å². The van der Waals surface area contributed by atoms with Gasteiger partial charge in [0, 0.05) is 43.6 Å². The lowest BCUT2D eigenvalue weighted by atomic mass is 9.61. The third-order valence-electron chi connectivity index (χ3n) is 8.91. The van der Waals surface area contributed by atoms with Crippen molar-refractivity contribution in [2.75, 3.05) is 26.2 Å². The molecule has 2 aromatic rings. The Morgan fingerprint density at radius 1 is 1.05 bits per heavy atom. The summed E-state index contributed by atoms with van der Waals surface area (Å²) in [6.07, 6.45) is 2.67. The molecule has 2 saturated heterocycles. The average Bonchev–Trinajstić information content (AvgIpc) is 3.21. The van der Waals surface area contributed by atoms with Gasteiger partial charge in [-0.2, -0.15) is 5.10 Å². The first-order chi connectivity index (χ1) is 18.1. The fourth-order valence-corrected chi connectivity index (χ4v) is 6.93. The van der Waals surface area contributed by atoms with Gasteiger partial charge < -0.3 is 19.3 Å². The van der Waals surface area contributed by atoms with Crippen molar-refractivity contribution in [2.45, 2.75) is 63.0 Å². The van der Waals surface area contributed by atoms with Gasteiger partial charge in [0.05, 0.1) is 12.1 Å². The number of carbonyl (C=O) groups excluding carboxylic acids is 1. The first-order valence-electron chi connectivity index (χ1n) is 13.3. The number of urea groups is 1. The molecular formula is C26H29F4N5O3. The molecule has 0 radical (unpaired) electrons. The topological polar surface area (TPSA) is 72.7 Å². The maximum Gasteiger partial charge on any atom is 0.573 e. The van der Waals surface area contributed by atoms with E-state index >= 15 is 0 Å². The number of ether oxygens (including phenoxy) is 2. The molecule has 2 unspecified atom stereocenters. The van der Waals surface area contributed by atoms with E-state index in [1.807, 2.05) is 20.8 Å². The summed E-state index contributed by atoms with van der Waals surface area (Å²) >= 11 is 0. The molecule has 2 aliphatic heterocycles. The van der Waals surface area contributed by atoms with Gasteiger partial charge in [-0.1, -0.05) is 0 Å². The van der Waals surface area contributed by atoms with E-state index < -0.39 is 17.9 Å². The van der Waals surface area contributed by atoms with E-state index in [1.54, 1.807) is 0 Å². The molecule has 3 saturated carbocycles. The molecule has 1 aromatic carbocycles. The quantitative estimate of drug-likeness (QED) is 0.518. The Kier molecular flexibility index (Phi) is 5.36. The SMILES string of the molecule is O=C(N1CC2CC(Oc3ccc(OC(F)(F)F)c(F)c3)CC2C1)N1CC2(CC(n3cnc(C4CC4)n3)C2)C1. The summed E-state index contributed by atoms with van der Waals surface area (Å²) in [4.78, 5) is 21.5. The lowest BCUT2D eigenvalue weighted by Gasteiger charge is -2.59. The molecule has 38 heavy (non-hydrogen) atoms. The normalized spacial score (nSPS) is 28.3. The lowest BCUT2D eigenvalue weighted by Crippen LogP contribution is -2.65. The third kappa shape index (κ3) is 4.45. The van der Waals surface area contributed by atoms with Gasteiger partial charge in [0.2, 0.25) is 0 Å². The molecule has 3 aliphatic carbocycles. The number of nitrogens with zero attached hydrogens (tertiary/aromatic N) is 5. The standard InChI is InChI=1S/C26H29F4N5O3/c27-21-7-19(3-4-22(21)38-26(28,29)30)37-20-5-16-10-33(11-17(16)6-20)24(36)34-12-25(13-34)8-18(9-25)35-14-31-23(32-35)15-1-2-15/h3-4,7,14-18,20H,1-2,5-6,8-13H2. The minimum absolute atomic E-state index is 0.102. The molecule has 2 amide bonds. The van der Waals surface area contributed by atoms with Crippen molar-refractivity contribution in [1.82, 2.24) is 24.6 Å². The largest absolute Gasteiger partial charge is 0.573 e. The highest BCUT2D eigenvalue weighted by atomic mass is 19.4. The molecule has 12 heteroatoms. The van der Waals surface area contributed by atoms with Crippen molar-refractivity contribution < 1.29 is 31.8 Å². The monoisotopic (exact) mass is 535 g/mol. The van der Waals surface area contributed by atoms with Crippen LogP contribution in [0.4, 0.5) is 22.4 Å². The molecule has 204 valence electrons. The van der Waals surface area contributed by atoms with Crippen molar-refractivity contribution in [3.05, 3.63) is 36.2 Å². The van der Waals surface area contributed by atoms with Gasteiger partial charge in [0.1, 0.15) is 12.1 Å².